The zero-order valence-electron chi connectivity index (χ0n) is 10.9. The maximum Gasteiger partial charge on any atom is 0.331 e. The number of aliphatic imine (C=N–C) groups is 1. The molecule has 0 spiro atoms. The van der Waals surface area contributed by atoms with Gasteiger partial charge in [-0.3, -0.25) is 4.99 Å². The number of hydrogen-bond acceptors (Lipinski definition) is 7. The van der Waals surface area contributed by atoms with Crippen LogP contribution < -0.4 is 0 Å². The summed E-state index contributed by atoms with van der Waals surface area (Å²) in [7, 11) is 1.34. The van der Waals surface area contributed by atoms with Crippen LogP contribution in [-0.4, -0.2) is 45.6 Å². The average Bonchev–Trinajstić information content (AvgIpc) is 3.04. The molecule has 7 heteroatoms. The molecule has 0 bridgehead atoms. The highest BCUT2D eigenvalue weighted by molar-refractivity contribution is 8.15. The van der Waals surface area contributed by atoms with Crippen LogP contribution in [0, 0.1) is 5.92 Å². The van der Waals surface area contributed by atoms with Crippen molar-refractivity contribution in [3.63, 3.8) is 0 Å². The van der Waals surface area contributed by atoms with Crippen molar-refractivity contribution in [3.05, 3.63) is 16.6 Å². The van der Waals surface area contributed by atoms with Crippen molar-refractivity contribution < 1.29 is 14.6 Å². The van der Waals surface area contributed by atoms with E-state index >= 15 is 0 Å². The fourth-order valence-corrected chi connectivity index (χ4v) is 3.96. The van der Waals surface area contributed by atoms with Gasteiger partial charge < -0.3 is 9.84 Å². The first kappa shape index (κ1) is 14.5. The first-order valence-corrected chi connectivity index (χ1v) is 7.70. The molecule has 5 nitrogen and oxygen atoms in total. The number of ether oxygens (including phenoxy) is 1. The smallest absolute Gasteiger partial charge is 0.331 e. The van der Waals surface area contributed by atoms with Crippen LogP contribution in [0.1, 0.15) is 18.9 Å². The van der Waals surface area contributed by atoms with Gasteiger partial charge in [0, 0.05) is 11.6 Å². The van der Waals surface area contributed by atoms with E-state index in [2.05, 4.69) is 9.98 Å². The fraction of sp³-hybridized carbons (Fsp3) is 0.583. The third-order valence-electron chi connectivity index (χ3n) is 2.89. The number of hydrogen-bond donors (Lipinski definition) is 1. The van der Waals surface area contributed by atoms with Gasteiger partial charge in [0.05, 0.1) is 18.5 Å². The largest absolute Gasteiger partial charge is 0.467 e. The second-order valence-corrected chi connectivity index (χ2v) is 6.62. The lowest BCUT2D eigenvalue weighted by Crippen LogP contribution is -2.39. The van der Waals surface area contributed by atoms with Gasteiger partial charge in [0.2, 0.25) is 0 Å². The summed E-state index contributed by atoms with van der Waals surface area (Å²) in [6.07, 6.45) is 1.08. The molecule has 1 aliphatic heterocycles. The Labute approximate surface area is 120 Å². The summed E-state index contributed by atoms with van der Waals surface area (Å²) < 4.78 is 4.77. The Morgan fingerprint density at radius 1 is 1.53 bits per heavy atom. The summed E-state index contributed by atoms with van der Waals surface area (Å²) in [5, 5.41) is 13.3. The molecule has 0 saturated carbocycles. The standard InChI is InChI=1S/C12H16N2O3S2/c1-6(2)8(15)9-7(12(16)17-3)14-11(19-9)10-13-4-5-18-10/h4-9,15H,1-3H3. The van der Waals surface area contributed by atoms with Gasteiger partial charge in [0.1, 0.15) is 10.1 Å². The number of thiazole rings is 1. The van der Waals surface area contributed by atoms with Crippen LogP contribution >= 0.6 is 23.1 Å². The van der Waals surface area contributed by atoms with Gasteiger partial charge >= 0.3 is 5.97 Å². The molecule has 104 valence electrons. The highest BCUT2D eigenvalue weighted by atomic mass is 32.2. The van der Waals surface area contributed by atoms with Crippen LogP contribution in [0.25, 0.3) is 0 Å². The summed E-state index contributed by atoms with van der Waals surface area (Å²) in [5.74, 6) is -0.362. The van der Waals surface area contributed by atoms with E-state index in [0.717, 1.165) is 5.01 Å². The third kappa shape index (κ3) is 2.98. The third-order valence-corrected chi connectivity index (χ3v) is 5.13. The van der Waals surface area contributed by atoms with E-state index in [1.54, 1.807) is 6.20 Å². The van der Waals surface area contributed by atoms with Gasteiger partial charge in [-0.25, -0.2) is 9.78 Å². The average molecular weight is 300 g/mol. The lowest BCUT2D eigenvalue weighted by atomic mass is 9.99. The molecule has 19 heavy (non-hydrogen) atoms. The van der Waals surface area contributed by atoms with E-state index in [4.69, 9.17) is 4.74 Å². The van der Waals surface area contributed by atoms with E-state index in [1.807, 2.05) is 19.2 Å². The lowest BCUT2D eigenvalue weighted by molar-refractivity contribution is -0.142. The lowest BCUT2D eigenvalue weighted by Gasteiger charge is -2.23. The topological polar surface area (TPSA) is 71.8 Å². The minimum absolute atomic E-state index is 0.0514. The summed E-state index contributed by atoms with van der Waals surface area (Å²) in [4.78, 5) is 20.4. The fourth-order valence-electron chi connectivity index (χ4n) is 1.80. The van der Waals surface area contributed by atoms with Crippen LogP contribution in [0.2, 0.25) is 0 Å². The minimum Gasteiger partial charge on any atom is -0.467 e. The van der Waals surface area contributed by atoms with Crippen molar-refractivity contribution in [1.82, 2.24) is 4.98 Å². The van der Waals surface area contributed by atoms with Gasteiger partial charge in [-0.1, -0.05) is 25.6 Å². The van der Waals surface area contributed by atoms with Crippen molar-refractivity contribution in [1.29, 1.82) is 0 Å². The number of carbonyl (C=O) groups is 1. The van der Waals surface area contributed by atoms with Crippen LogP contribution in [0.3, 0.4) is 0 Å². The molecule has 0 aliphatic carbocycles. The predicted octanol–water partition coefficient (Wildman–Crippen LogP) is 1.56. The minimum atomic E-state index is -0.661. The Balaban J connectivity index is 2.25. The van der Waals surface area contributed by atoms with Gasteiger partial charge in [0.15, 0.2) is 6.04 Å². The number of thioether (sulfide) groups is 1. The van der Waals surface area contributed by atoms with E-state index < -0.39 is 18.1 Å². The van der Waals surface area contributed by atoms with Gasteiger partial charge in [-0.2, -0.15) is 0 Å². The van der Waals surface area contributed by atoms with Crippen LogP contribution in [-0.2, 0) is 9.53 Å². The number of carbonyl (C=O) groups excluding carboxylic acids is 1. The highest BCUT2D eigenvalue weighted by Crippen LogP contribution is 2.35. The first-order chi connectivity index (χ1) is 9.04. The zero-order chi connectivity index (χ0) is 14.0. The molecular weight excluding hydrogens is 284 g/mol. The molecule has 1 aromatic heterocycles. The van der Waals surface area contributed by atoms with Crippen LogP contribution in [0.5, 0.6) is 0 Å². The van der Waals surface area contributed by atoms with Crippen molar-refractivity contribution >= 4 is 34.1 Å². The molecule has 2 rings (SSSR count). The number of aromatic nitrogens is 1. The van der Waals surface area contributed by atoms with Crippen molar-refractivity contribution in [3.8, 4) is 0 Å². The maximum absolute atomic E-state index is 11.8. The van der Waals surface area contributed by atoms with E-state index in [9.17, 15) is 9.90 Å². The van der Waals surface area contributed by atoms with Crippen molar-refractivity contribution in [2.45, 2.75) is 31.2 Å². The molecule has 0 aromatic carbocycles. The second kappa shape index (κ2) is 6.02. The summed E-state index contributed by atoms with van der Waals surface area (Å²) in [6.45, 7) is 3.84. The number of esters is 1. The first-order valence-electron chi connectivity index (χ1n) is 5.94. The normalized spacial score (nSPS) is 24.4. The SMILES string of the molecule is COC(=O)C1N=C(c2nccs2)SC1C(O)C(C)C. The number of methoxy groups -OCH3 is 1. The Bertz CT molecular complexity index is 473. The molecule has 1 aromatic rings. The molecular formula is C12H16N2O3S2. The molecule has 0 saturated heterocycles. The van der Waals surface area contributed by atoms with E-state index in [-0.39, 0.29) is 11.2 Å². The van der Waals surface area contributed by atoms with E-state index in [1.165, 1.54) is 30.2 Å². The Morgan fingerprint density at radius 2 is 2.26 bits per heavy atom. The molecule has 1 N–H and O–H groups in total. The molecule has 0 radical (unpaired) electrons. The number of aliphatic hydroxyl groups excluding tert-OH is 1. The molecule has 2 heterocycles. The van der Waals surface area contributed by atoms with Crippen molar-refractivity contribution in [2.75, 3.05) is 7.11 Å². The van der Waals surface area contributed by atoms with E-state index in [0.29, 0.717) is 5.04 Å². The molecule has 3 atom stereocenters. The van der Waals surface area contributed by atoms with Crippen LogP contribution in [0.15, 0.2) is 16.6 Å². The summed E-state index contributed by atoms with van der Waals surface area (Å²) in [5.41, 5.74) is 0. The Kier molecular flexibility index (Phi) is 4.59. The van der Waals surface area contributed by atoms with Crippen molar-refractivity contribution in [2.24, 2.45) is 10.9 Å². The number of rotatable bonds is 4. The molecule has 3 unspecified atom stereocenters. The van der Waals surface area contributed by atoms with Crippen LogP contribution in [0.4, 0.5) is 0 Å². The van der Waals surface area contributed by atoms with Gasteiger partial charge in [0.25, 0.3) is 0 Å². The summed E-state index contributed by atoms with van der Waals surface area (Å²) in [6, 6.07) is -0.661. The number of nitrogens with zero attached hydrogens (tertiary/aromatic N) is 2. The second-order valence-electron chi connectivity index (χ2n) is 4.56. The monoisotopic (exact) mass is 300 g/mol. The maximum atomic E-state index is 11.8. The summed E-state index contributed by atoms with van der Waals surface area (Å²) >= 11 is 2.87. The quantitative estimate of drug-likeness (QED) is 0.855. The highest BCUT2D eigenvalue weighted by Gasteiger charge is 2.42. The molecule has 1 aliphatic rings. The molecule has 0 fully saturated rings. The zero-order valence-corrected chi connectivity index (χ0v) is 12.6. The Hall–Kier alpha value is -0.920. The number of aliphatic hydroxyl groups is 1. The Morgan fingerprint density at radius 3 is 2.79 bits per heavy atom. The predicted molar refractivity (Wildman–Crippen MR) is 76.7 cm³/mol. The van der Waals surface area contributed by atoms with Gasteiger partial charge in [-0.15, -0.1) is 11.3 Å². The van der Waals surface area contributed by atoms with Gasteiger partial charge in [-0.05, 0) is 5.92 Å². The molecule has 0 amide bonds.